The molecule has 0 spiro atoms. The molecular weight excluding hydrogens is 374 g/mol. The molecule has 1 amide bonds. The van der Waals surface area contributed by atoms with Crippen LogP contribution < -0.4 is 5.32 Å². The zero-order valence-corrected chi connectivity index (χ0v) is 16.1. The van der Waals surface area contributed by atoms with Crippen LogP contribution in [0.25, 0.3) is 11.5 Å². The minimum Gasteiger partial charge on any atom is -0.409 e. The zero-order valence-electron chi connectivity index (χ0n) is 15.3. The summed E-state index contributed by atoms with van der Waals surface area (Å²) < 4.78 is 7.29. The second-order valence-electron chi connectivity index (χ2n) is 6.80. The summed E-state index contributed by atoms with van der Waals surface area (Å²) in [6.07, 6.45) is 5.01. The molecular formula is C20H21N5O2S. The first-order chi connectivity index (χ1) is 13.7. The highest BCUT2D eigenvalue weighted by Crippen LogP contribution is 2.21. The Hall–Kier alpha value is -2.84. The summed E-state index contributed by atoms with van der Waals surface area (Å²) in [5.41, 5.74) is 1.63. The molecule has 144 valence electrons. The topological polar surface area (TPSA) is 76.2 Å². The van der Waals surface area contributed by atoms with Gasteiger partial charge in [0.2, 0.25) is 11.8 Å². The first-order valence-electron chi connectivity index (χ1n) is 9.25. The third-order valence-electron chi connectivity index (χ3n) is 4.85. The molecule has 1 aliphatic rings. The molecule has 1 saturated heterocycles. The zero-order chi connectivity index (χ0) is 19.3. The van der Waals surface area contributed by atoms with E-state index in [0.29, 0.717) is 17.4 Å². The molecule has 2 aromatic heterocycles. The van der Waals surface area contributed by atoms with Crippen LogP contribution in [-0.2, 0) is 11.5 Å². The van der Waals surface area contributed by atoms with Crippen LogP contribution in [0.15, 0.2) is 59.3 Å². The molecule has 1 aromatic carbocycles. The van der Waals surface area contributed by atoms with E-state index in [1.54, 1.807) is 17.1 Å². The molecule has 1 N–H and O–H groups in total. The van der Waals surface area contributed by atoms with E-state index < -0.39 is 0 Å². The Bertz CT molecular complexity index is 979. The van der Waals surface area contributed by atoms with Gasteiger partial charge in [-0.3, -0.25) is 14.7 Å². The largest absolute Gasteiger partial charge is 0.409 e. The van der Waals surface area contributed by atoms with Gasteiger partial charge in [0.1, 0.15) is 0 Å². The summed E-state index contributed by atoms with van der Waals surface area (Å²) in [6, 6.07) is 13.3. The van der Waals surface area contributed by atoms with Gasteiger partial charge in [0, 0.05) is 37.1 Å². The van der Waals surface area contributed by atoms with Crippen LogP contribution in [0, 0.1) is 10.8 Å². The number of amides is 1. The maximum atomic E-state index is 12.5. The lowest BCUT2D eigenvalue weighted by Gasteiger charge is -2.30. The van der Waals surface area contributed by atoms with Crippen molar-refractivity contribution >= 4 is 23.8 Å². The van der Waals surface area contributed by atoms with Crippen LogP contribution in [0.3, 0.4) is 0 Å². The third-order valence-corrected chi connectivity index (χ3v) is 5.14. The molecule has 0 atom stereocenters. The molecule has 8 heteroatoms. The Labute approximate surface area is 168 Å². The van der Waals surface area contributed by atoms with Gasteiger partial charge in [-0.1, -0.05) is 18.2 Å². The molecule has 1 aliphatic heterocycles. The number of piperidine rings is 1. The van der Waals surface area contributed by atoms with Crippen molar-refractivity contribution in [2.24, 2.45) is 5.92 Å². The van der Waals surface area contributed by atoms with Gasteiger partial charge >= 0.3 is 0 Å². The highest BCUT2D eigenvalue weighted by atomic mass is 32.1. The van der Waals surface area contributed by atoms with Crippen molar-refractivity contribution in [1.82, 2.24) is 19.7 Å². The summed E-state index contributed by atoms with van der Waals surface area (Å²) in [4.78, 5) is 19.1. The number of likely N-dealkylation sites (tertiary alicyclic amines) is 1. The number of carbonyl (C=O) groups is 1. The predicted molar refractivity (Wildman–Crippen MR) is 108 cm³/mol. The highest BCUT2D eigenvalue weighted by Gasteiger charge is 2.25. The monoisotopic (exact) mass is 395 g/mol. The molecule has 0 radical (unpaired) electrons. The van der Waals surface area contributed by atoms with Crippen LogP contribution in [0.2, 0.25) is 0 Å². The smallest absolute Gasteiger partial charge is 0.288 e. The van der Waals surface area contributed by atoms with E-state index >= 15 is 0 Å². The van der Waals surface area contributed by atoms with E-state index in [2.05, 4.69) is 20.3 Å². The van der Waals surface area contributed by atoms with Crippen LogP contribution in [-0.4, -0.2) is 38.7 Å². The standard InChI is InChI=1S/C20H21N5O2S/c26-18(22-17-6-2-1-3-7-17)15-8-11-24(12-9-15)14-25-20(28)27-19(23-25)16-5-4-10-21-13-16/h1-7,10,13,15H,8-9,11-12,14H2,(H,22,26). The molecule has 0 bridgehead atoms. The van der Waals surface area contributed by atoms with Crippen LogP contribution >= 0.6 is 12.2 Å². The molecule has 7 nitrogen and oxygen atoms in total. The van der Waals surface area contributed by atoms with E-state index in [-0.39, 0.29) is 11.8 Å². The van der Waals surface area contributed by atoms with E-state index in [0.717, 1.165) is 37.2 Å². The van der Waals surface area contributed by atoms with Gasteiger partial charge in [0.15, 0.2) is 0 Å². The van der Waals surface area contributed by atoms with E-state index in [1.165, 1.54) is 0 Å². The molecule has 0 unspecified atom stereocenters. The Balaban J connectivity index is 1.33. The summed E-state index contributed by atoms with van der Waals surface area (Å²) in [6.45, 7) is 2.17. The minimum atomic E-state index is 0.0210. The van der Waals surface area contributed by atoms with Gasteiger partial charge in [-0.2, -0.15) is 0 Å². The number of carbonyl (C=O) groups excluding carboxylic acids is 1. The Morgan fingerprint density at radius 2 is 1.96 bits per heavy atom. The normalized spacial score (nSPS) is 15.4. The number of benzene rings is 1. The fourth-order valence-corrected chi connectivity index (χ4v) is 3.47. The number of anilines is 1. The van der Waals surface area contributed by atoms with Crippen molar-refractivity contribution in [1.29, 1.82) is 0 Å². The summed E-state index contributed by atoms with van der Waals surface area (Å²) in [7, 11) is 0. The fraction of sp³-hybridized carbons (Fsp3) is 0.300. The van der Waals surface area contributed by atoms with Gasteiger partial charge < -0.3 is 9.73 Å². The van der Waals surface area contributed by atoms with Crippen molar-refractivity contribution in [3.05, 3.63) is 59.7 Å². The van der Waals surface area contributed by atoms with Gasteiger partial charge in [-0.05, 0) is 49.3 Å². The molecule has 0 saturated carbocycles. The minimum absolute atomic E-state index is 0.0210. The van der Waals surface area contributed by atoms with Crippen molar-refractivity contribution < 1.29 is 9.21 Å². The van der Waals surface area contributed by atoms with Gasteiger partial charge in [-0.25, -0.2) is 4.68 Å². The molecule has 0 aliphatic carbocycles. The Morgan fingerprint density at radius 3 is 2.68 bits per heavy atom. The lowest BCUT2D eigenvalue weighted by Crippen LogP contribution is -2.39. The van der Waals surface area contributed by atoms with Crippen molar-refractivity contribution in [2.75, 3.05) is 18.4 Å². The molecule has 4 rings (SSSR count). The predicted octanol–water partition coefficient (Wildman–Crippen LogP) is 3.58. The average Bonchev–Trinajstić information content (AvgIpc) is 3.10. The second-order valence-corrected chi connectivity index (χ2v) is 7.15. The maximum absolute atomic E-state index is 12.5. The van der Waals surface area contributed by atoms with Gasteiger partial charge in [0.25, 0.3) is 4.84 Å². The highest BCUT2D eigenvalue weighted by molar-refractivity contribution is 7.71. The average molecular weight is 395 g/mol. The Kier molecular flexibility index (Phi) is 5.59. The summed E-state index contributed by atoms with van der Waals surface area (Å²) in [5, 5.41) is 7.46. The van der Waals surface area contributed by atoms with E-state index in [9.17, 15) is 4.79 Å². The molecule has 3 heterocycles. The second kappa shape index (κ2) is 8.45. The lowest BCUT2D eigenvalue weighted by atomic mass is 9.96. The number of nitrogens with zero attached hydrogens (tertiary/aromatic N) is 4. The number of hydrogen-bond donors (Lipinski definition) is 1. The van der Waals surface area contributed by atoms with Crippen LogP contribution in [0.1, 0.15) is 12.8 Å². The molecule has 28 heavy (non-hydrogen) atoms. The molecule has 3 aromatic rings. The van der Waals surface area contributed by atoms with Gasteiger partial charge in [-0.15, -0.1) is 5.10 Å². The molecule has 1 fully saturated rings. The first kappa shape index (κ1) is 18.5. The SMILES string of the molecule is O=C(Nc1ccccc1)C1CCN(Cn2nc(-c3cccnc3)oc2=S)CC1. The van der Waals surface area contributed by atoms with Crippen LogP contribution in [0.5, 0.6) is 0 Å². The van der Waals surface area contributed by atoms with Crippen LogP contribution in [0.4, 0.5) is 5.69 Å². The number of pyridine rings is 1. The Morgan fingerprint density at radius 1 is 1.18 bits per heavy atom. The van der Waals surface area contributed by atoms with Crippen molar-refractivity contribution in [3.63, 3.8) is 0 Å². The van der Waals surface area contributed by atoms with Crippen molar-refractivity contribution in [3.8, 4) is 11.5 Å². The number of rotatable bonds is 5. The quantitative estimate of drug-likeness (QED) is 0.666. The maximum Gasteiger partial charge on any atom is 0.288 e. The van der Waals surface area contributed by atoms with E-state index in [1.807, 2.05) is 42.5 Å². The van der Waals surface area contributed by atoms with E-state index in [4.69, 9.17) is 16.6 Å². The van der Waals surface area contributed by atoms with Gasteiger partial charge in [0.05, 0.1) is 12.2 Å². The van der Waals surface area contributed by atoms with Crippen molar-refractivity contribution in [2.45, 2.75) is 19.5 Å². The number of nitrogens with one attached hydrogen (secondary N) is 1. The first-order valence-corrected chi connectivity index (χ1v) is 9.66. The number of aromatic nitrogens is 3. The summed E-state index contributed by atoms with van der Waals surface area (Å²) >= 11 is 5.30. The summed E-state index contributed by atoms with van der Waals surface area (Å²) in [5.74, 6) is 0.575. The number of hydrogen-bond acceptors (Lipinski definition) is 6. The fourth-order valence-electron chi connectivity index (χ4n) is 3.29. The lowest BCUT2D eigenvalue weighted by molar-refractivity contribution is -0.121. The third kappa shape index (κ3) is 4.35. The number of para-hydroxylation sites is 1.